The monoisotopic (exact) mass is 450 g/mol. The lowest BCUT2D eigenvalue weighted by molar-refractivity contribution is -0.123. The predicted octanol–water partition coefficient (Wildman–Crippen LogP) is 3.11. The molecule has 2 N–H and O–H groups in total. The summed E-state index contributed by atoms with van der Waals surface area (Å²) in [5, 5.41) is 5.80. The fourth-order valence-electron chi connectivity index (χ4n) is 3.95. The van der Waals surface area contributed by atoms with Crippen molar-refractivity contribution in [3.8, 4) is 11.5 Å². The van der Waals surface area contributed by atoms with Crippen LogP contribution in [0.2, 0.25) is 0 Å². The molecule has 0 bridgehead atoms. The summed E-state index contributed by atoms with van der Waals surface area (Å²) in [5.74, 6) is 0.797. The van der Waals surface area contributed by atoms with Gasteiger partial charge in [0.2, 0.25) is 11.8 Å². The molecular weight excluding hydrogens is 424 g/mol. The first-order chi connectivity index (χ1) is 16.0. The Hall–Kier alpha value is -3.88. The van der Waals surface area contributed by atoms with Gasteiger partial charge in [0, 0.05) is 24.7 Å². The zero-order valence-electron chi connectivity index (χ0n) is 18.6. The number of aryl methyl sites for hydroxylation is 1. The Morgan fingerprint density at radius 2 is 1.82 bits per heavy atom. The van der Waals surface area contributed by atoms with E-state index >= 15 is 0 Å². The quantitative estimate of drug-likeness (QED) is 0.558. The molecule has 2 amide bonds. The van der Waals surface area contributed by atoms with Gasteiger partial charge in [0.05, 0.1) is 30.8 Å². The first kappa shape index (κ1) is 22.3. The maximum atomic E-state index is 13.0. The highest BCUT2D eigenvalue weighted by atomic mass is 16.5. The molecule has 0 fully saturated rings. The second kappa shape index (κ2) is 9.72. The predicted molar refractivity (Wildman–Crippen MR) is 125 cm³/mol. The van der Waals surface area contributed by atoms with Crippen LogP contribution in [0.1, 0.15) is 31.5 Å². The van der Waals surface area contributed by atoms with Crippen molar-refractivity contribution in [2.45, 2.75) is 38.6 Å². The molecular formula is C24H26N4O5. The summed E-state index contributed by atoms with van der Waals surface area (Å²) in [6.07, 6.45) is 3.43. The standard InChI is InChI=1S/C24H26N4O5/c1-32-16-8-10-20(33-2)19(13-16)27-23(30)14-22(29)25-15-7-9-18-17(12-15)24(31)28-11-5-3-4-6-21(28)26-18/h7-10,12-13H,3-6,11,14H2,1-2H3,(H,25,29)(H,27,30). The van der Waals surface area contributed by atoms with Crippen molar-refractivity contribution in [1.82, 2.24) is 9.55 Å². The molecule has 0 saturated carbocycles. The van der Waals surface area contributed by atoms with Gasteiger partial charge in [-0.25, -0.2) is 4.98 Å². The Bertz CT molecular complexity index is 1270. The van der Waals surface area contributed by atoms with Gasteiger partial charge in [0.1, 0.15) is 23.7 Å². The number of rotatable bonds is 6. The Balaban J connectivity index is 1.47. The SMILES string of the molecule is COc1ccc(OC)c(NC(=O)CC(=O)Nc2ccc3nc4n(c(=O)c3c2)CCCCC4)c1. The molecule has 2 aromatic carbocycles. The van der Waals surface area contributed by atoms with Crippen molar-refractivity contribution in [3.63, 3.8) is 0 Å². The van der Waals surface area contributed by atoms with Gasteiger partial charge < -0.3 is 20.1 Å². The largest absolute Gasteiger partial charge is 0.497 e. The molecule has 1 aliphatic heterocycles. The number of benzene rings is 2. The summed E-state index contributed by atoms with van der Waals surface area (Å²) in [7, 11) is 3.00. The average molecular weight is 450 g/mol. The molecule has 1 aliphatic rings. The summed E-state index contributed by atoms with van der Waals surface area (Å²) in [4.78, 5) is 42.5. The lowest BCUT2D eigenvalue weighted by Crippen LogP contribution is -2.25. The number of nitrogens with one attached hydrogen (secondary N) is 2. The topological polar surface area (TPSA) is 112 Å². The van der Waals surface area contributed by atoms with E-state index in [1.54, 1.807) is 41.0 Å². The second-order valence-electron chi connectivity index (χ2n) is 7.87. The minimum atomic E-state index is -0.508. The summed E-state index contributed by atoms with van der Waals surface area (Å²) in [5.41, 5.74) is 1.34. The number of amides is 2. The van der Waals surface area contributed by atoms with Gasteiger partial charge in [-0.1, -0.05) is 6.42 Å². The zero-order chi connectivity index (χ0) is 23.4. The van der Waals surface area contributed by atoms with Gasteiger partial charge >= 0.3 is 0 Å². The summed E-state index contributed by atoms with van der Waals surface area (Å²) < 4.78 is 12.1. The van der Waals surface area contributed by atoms with Crippen LogP contribution >= 0.6 is 0 Å². The average Bonchev–Trinajstić information content (AvgIpc) is 3.05. The molecule has 0 spiro atoms. The number of carbonyl (C=O) groups excluding carboxylic acids is 2. The van der Waals surface area contributed by atoms with Gasteiger partial charge in [0.25, 0.3) is 5.56 Å². The third kappa shape index (κ3) is 4.97. The van der Waals surface area contributed by atoms with E-state index in [1.165, 1.54) is 14.2 Å². The number of ether oxygens (including phenoxy) is 2. The van der Waals surface area contributed by atoms with E-state index < -0.39 is 18.2 Å². The van der Waals surface area contributed by atoms with Gasteiger partial charge in [-0.15, -0.1) is 0 Å². The summed E-state index contributed by atoms with van der Waals surface area (Å²) in [6.45, 7) is 0.654. The number of hydrogen-bond acceptors (Lipinski definition) is 6. The Morgan fingerprint density at radius 3 is 2.61 bits per heavy atom. The molecule has 33 heavy (non-hydrogen) atoms. The molecule has 0 saturated heterocycles. The highest BCUT2D eigenvalue weighted by molar-refractivity contribution is 6.08. The van der Waals surface area contributed by atoms with E-state index in [4.69, 9.17) is 9.47 Å². The number of methoxy groups -OCH3 is 2. The highest BCUT2D eigenvalue weighted by Crippen LogP contribution is 2.29. The van der Waals surface area contributed by atoms with E-state index in [0.29, 0.717) is 40.3 Å². The maximum Gasteiger partial charge on any atom is 0.261 e. The van der Waals surface area contributed by atoms with E-state index in [0.717, 1.165) is 31.5 Å². The van der Waals surface area contributed by atoms with E-state index in [1.807, 2.05) is 0 Å². The molecule has 2 heterocycles. The van der Waals surface area contributed by atoms with Crippen LogP contribution in [0.4, 0.5) is 11.4 Å². The number of fused-ring (bicyclic) bond motifs is 2. The van der Waals surface area contributed by atoms with Crippen molar-refractivity contribution in [1.29, 1.82) is 0 Å². The van der Waals surface area contributed by atoms with Crippen LogP contribution in [-0.4, -0.2) is 35.6 Å². The lowest BCUT2D eigenvalue weighted by Gasteiger charge is -2.12. The fraction of sp³-hybridized carbons (Fsp3) is 0.333. The van der Waals surface area contributed by atoms with Gasteiger partial charge in [0.15, 0.2) is 0 Å². The van der Waals surface area contributed by atoms with Crippen LogP contribution < -0.4 is 25.7 Å². The molecule has 0 aliphatic carbocycles. The zero-order valence-corrected chi connectivity index (χ0v) is 18.6. The molecule has 0 atom stereocenters. The molecule has 4 rings (SSSR count). The van der Waals surface area contributed by atoms with Crippen LogP contribution in [0, 0.1) is 0 Å². The van der Waals surface area contributed by atoms with Crippen LogP contribution in [0.5, 0.6) is 11.5 Å². The highest BCUT2D eigenvalue weighted by Gasteiger charge is 2.16. The molecule has 9 heteroatoms. The van der Waals surface area contributed by atoms with E-state index in [2.05, 4.69) is 15.6 Å². The Kier molecular flexibility index (Phi) is 6.58. The van der Waals surface area contributed by atoms with Crippen LogP contribution in [0.25, 0.3) is 10.9 Å². The van der Waals surface area contributed by atoms with Crippen molar-refractivity contribution in [2.24, 2.45) is 0 Å². The third-order valence-electron chi connectivity index (χ3n) is 5.60. The van der Waals surface area contributed by atoms with Gasteiger partial charge in [-0.2, -0.15) is 0 Å². The van der Waals surface area contributed by atoms with E-state index in [9.17, 15) is 14.4 Å². The lowest BCUT2D eigenvalue weighted by atomic mass is 10.2. The number of nitrogens with zero attached hydrogens (tertiary/aromatic N) is 2. The van der Waals surface area contributed by atoms with Crippen LogP contribution in [0.15, 0.2) is 41.2 Å². The molecule has 0 unspecified atom stereocenters. The minimum absolute atomic E-state index is 0.101. The molecule has 0 radical (unpaired) electrons. The smallest absolute Gasteiger partial charge is 0.261 e. The van der Waals surface area contributed by atoms with E-state index in [-0.39, 0.29) is 5.56 Å². The number of aromatic nitrogens is 2. The van der Waals surface area contributed by atoms with Crippen molar-refractivity contribution < 1.29 is 19.1 Å². The number of anilines is 2. The van der Waals surface area contributed by atoms with Crippen molar-refractivity contribution >= 4 is 34.1 Å². The first-order valence-electron chi connectivity index (χ1n) is 10.8. The Morgan fingerprint density at radius 1 is 1.00 bits per heavy atom. The summed E-state index contributed by atoms with van der Waals surface area (Å²) >= 11 is 0. The van der Waals surface area contributed by atoms with Crippen molar-refractivity contribution in [2.75, 3.05) is 24.9 Å². The normalized spacial score (nSPS) is 13.0. The summed E-state index contributed by atoms with van der Waals surface area (Å²) in [6, 6.07) is 10.0. The molecule has 3 aromatic rings. The first-order valence-corrected chi connectivity index (χ1v) is 10.8. The molecule has 9 nitrogen and oxygen atoms in total. The minimum Gasteiger partial charge on any atom is -0.497 e. The number of carbonyl (C=O) groups is 2. The molecule has 1 aromatic heterocycles. The molecule has 172 valence electrons. The second-order valence-corrected chi connectivity index (χ2v) is 7.87. The Labute approximate surface area is 190 Å². The fourth-order valence-corrected chi connectivity index (χ4v) is 3.95. The van der Waals surface area contributed by atoms with Crippen LogP contribution in [-0.2, 0) is 22.6 Å². The van der Waals surface area contributed by atoms with Gasteiger partial charge in [-0.3, -0.25) is 19.0 Å². The van der Waals surface area contributed by atoms with Gasteiger partial charge in [-0.05, 0) is 43.2 Å². The number of hydrogen-bond donors (Lipinski definition) is 2. The third-order valence-corrected chi connectivity index (χ3v) is 5.60. The maximum absolute atomic E-state index is 13.0. The van der Waals surface area contributed by atoms with Crippen molar-refractivity contribution in [3.05, 3.63) is 52.6 Å². The van der Waals surface area contributed by atoms with Crippen LogP contribution in [0.3, 0.4) is 0 Å².